The number of nitrogens with one attached hydrogen (secondary N) is 1. The van der Waals surface area contributed by atoms with Crippen molar-refractivity contribution in [3.05, 3.63) is 60.5 Å². The zero-order valence-corrected chi connectivity index (χ0v) is 16.0. The van der Waals surface area contributed by atoms with Crippen molar-refractivity contribution in [3.8, 4) is 17.1 Å². The first-order chi connectivity index (χ1) is 13.3. The van der Waals surface area contributed by atoms with Crippen LogP contribution < -0.4 is 10.1 Å². The average Bonchev–Trinajstić information content (AvgIpc) is 3.37. The Morgan fingerprint density at radius 1 is 1.07 bits per heavy atom. The van der Waals surface area contributed by atoms with E-state index in [4.69, 9.17) is 9.26 Å². The van der Waals surface area contributed by atoms with Gasteiger partial charge in [0.1, 0.15) is 5.75 Å². The molecule has 0 amide bonds. The fraction of sp³-hybridized carbons (Fsp3) is 0.111. The third-order valence-corrected chi connectivity index (χ3v) is 5.53. The van der Waals surface area contributed by atoms with Gasteiger partial charge < -0.3 is 14.6 Å². The Hall–Kier alpha value is -2.91. The number of aromatic nitrogens is 4. The van der Waals surface area contributed by atoms with Gasteiger partial charge in [-0.3, -0.25) is 0 Å². The normalized spacial score (nSPS) is 10.7. The molecule has 4 rings (SSSR count). The number of benzene rings is 2. The SMILES string of the molecule is COc1ccccc1Nc1nnc(SCc2nc(-c3ccccc3)no2)s1. The van der Waals surface area contributed by atoms with Gasteiger partial charge in [-0.05, 0) is 12.1 Å². The van der Waals surface area contributed by atoms with E-state index >= 15 is 0 Å². The molecule has 0 unspecified atom stereocenters. The van der Waals surface area contributed by atoms with Crippen LogP contribution in [0.1, 0.15) is 5.89 Å². The lowest BCUT2D eigenvalue weighted by Crippen LogP contribution is -1.93. The van der Waals surface area contributed by atoms with Gasteiger partial charge in [-0.25, -0.2) is 0 Å². The number of nitrogens with zero attached hydrogens (tertiary/aromatic N) is 4. The third-order valence-electron chi connectivity index (χ3n) is 3.57. The molecule has 2 aromatic heterocycles. The number of hydrogen-bond donors (Lipinski definition) is 1. The molecule has 9 heteroatoms. The molecule has 0 saturated carbocycles. The summed E-state index contributed by atoms with van der Waals surface area (Å²) in [5, 5.41) is 16.3. The summed E-state index contributed by atoms with van der Waals surface area (Å²) in [5.41, 5.74) is 1.77. The summed E-state index contributed by atoms with van der Waals surface area (Å²) in [4.78, 5) is 4.42. The first-order valence-corrected chi connectivity index (χ1v) is 9.86. The summed E-state index contributed by atoms with van der Waals surface area (Å²) >= 11 is 2.95. The molecule has 27 heavy (non-hydrogen) atoms. The van der Waals surface area contributed by atoms with Gasteiger partial charge in [0.25, 0.3) is 0 Å². The molecule has 0 aliphatic rings. The smallest absolute Gasteiger partial charge is 0.237 e. The Morgan fingerprint density at radius 2 is 1.89 bits per heavy atom. The molecule has 0 fully saturated rings. The van der Waals surface area contributed by atoms with E-state index in [0.29, 0.717) is 22.6 Å². The number of hydrogen-bond acceptors (Lipinski definition) is 9. The van der Waals surface area contributed by atoms with Crippen molar-refractivity contribution in [2.75, 3.05) is 12.4 Å². The number of rotatable bonds is 7. The van der Waals surface area contributed by atoms with Crippen LogP contribution in [0.15, 0.2) is 63.5 Å². The zero-order chi connectivity index (χ0) is 18.5. The number of thioether (sulfide) groups is 1. The second-order valence-electron chi connectivity index (χ2n) is 5.36. The summed E-state index contributed by atoms with van der Waals surface area (Å²) in [7, 11) is 1.63. The Labute approximate surface area is 163 Å². The van der Waals surface area contributed by atoms with Crippen LogP contribution in [0.25, 0.3) is 11.4 Å². The molecular formula is C18H15N5O2S2. The molecule has 2 aromatic carbocycles. The van der Waals surface area contributed by atoms with Crippen LogP contribution in [0.2, 0.25) is 0 Å². The highest BCUT2D eigenvalue weighted by Gasteiger charge is 2.12. The van der Waals surface area contributed by atoms with E-state index in [1.807, 2.05) is 54.6 Å². The maximum Gasteiger partial charge on any atom is 0.237 e. The number of ether oxygens (including phenoxy) is 1. The molecule has 0 radical (unpaired) electrons. The lowest BCUT2D eigenvalue weighted by molar-refractivity contribution is 0.391. The summed E-state index contributed by atoms with van der Waals surface area (Å²) in [6.45, 7) is 0. The second-order valence-corrected chi connectivity index (χ2v) is 7.56. The maximum absolute atomic E-state index is 5.33. The summed E-state index contributed by atoms with van der Waals surface area (Å²) < 4.78 is 11.5. The Bertz CT molecular complexity index is 1020. The Balaban J connectivity index is 1.38. The highest BCUT2D eigenvalue weighted by molar-refractivity contribution is 8.00. The highest BCUT2D eigenvalue weighted by atomic mass is 32.2. The van der Waals surface area contributed by atoms with E-state index in [1.165, 1.54) is 23.1 Å². The van der Waals surface area contributed by atoms with Crippen LogP contribution in [0.4, 0.5) is 10.8 Å². The molecular weight excluding hydrogens is 382 g/mol. The molecule has 1 N–H and O–H groups in total. The van der Waals surface area contributed by atoms with Crippen molar-refractivity contribution in [1.29, 1.82) is 0 Å². The predicted molar refractivity (Wildman–Crippen MR) is 105 cm³/mol. The standard InChI is InChI=1S/C18H15N5O2S2/c1-24-14-10-6-5-9-13(14)19-17-21-22-18(27-17)26-11-15-20-16(23-25-15)12-7-3-2-4-8-12/h2-10H,11H2,1H3,(H,19,21). The topological polar surface area (TPSA) is 86.0 Å². The van der Waals surface area contributed by atoms with Crippen molar-refractivity contribution in [2.45, 2.75) is 10.1 Å². The first-order valence-electron chi connectivity index (χ1n) is 8.06. The zero-order valence-electron chi connectivity index (χ0n) is 14.3. The van der Waals surface area contributed by atoms with Crippen LogP contribution in [0, 0.1) is 0 Å². The molecule has 136 valence electrons. The van der Waals surface area contributed by atoms with E-state index in [2.05, 4.69) is 25.7 Å². The van der Waals surface area contributed by atoms with Gasteiger partial charge in [0.15, 0.2) is 4.34 Å². The van der Waals surface area contributed by atoms with Crippen LogP contribution >= 0.6 is 23.1 Å². The molecule has 0 atom stereocenters. The van der Waals surface area contributed by atoms with Gasteiger partial charge in [-0.1, -0.05) is 70.7 Å². The van der Waals surface area contributed by atoms with Crippen LogP contribution in [0.3, 0.4) is 0 Å². The van der Waals surface area contributed by atoms with E-state index in [-0.39, 0.29) is 0 Å². The van der Waals surface area contributed by atoms with Crippen molar-refractivity contribution in [2.24, 2.45) is 0 Å². The largest absolute Gasteiger partial charge is 0.495 e. The fourth-order valence-corrected chi connectivity index (χ4v) is 3.92. The summed E-state index contributed by atoms with van der Waals surface area (Å²) in [6.07, 6.45) is 0. The van der Waals surface area contributed by atoms with E-state index in [1.54, 1.807) is 7.11 Å². The van der Waals surface area contributed by atoms with Crippen molar-refractivity contribution < 1.29 is 9.26 Å². The first kappa shape index (κ1) is 17.5. The van der Waals surface area contributed by atoms with Gasteiger partial charge in [-0.15, -0.1) is 10.2 Å². The van der Waals surface area contributed by atoms with Crippen molar-refractivity contribution in [3.63, 3.8) is 0 Å². The van der Waals surface area contributed by atoms with Gasteiger partial charge >= 0.3 is 0 Å². The average molecular weight is 397 g/mol. The lowest BCUT2D eigenvalue weighted by atomic mass is 10.2. The van der Waals surface area contributed by atoms with Gasteiger partial charge in [-0.2, -0.15) is 4.98 Å². The van der Waals surface area contributed by atoms with Crippen molar-refractivity contribution in [1.82, 2.24) is 20.3 Å². The molecule has 0 spiro atoms. The Morgan fingerprint density at radius 3 is 2.74 bits per heavy atom. The van der Waals surface area contributed by atoms with Crippen LogP contribution in [-0.2, 0) is 5.75 Å². The lowest BCUT2D eigenvalue weighted by Gasteiger charge is -2.07. The summed E-state index contributed by atoms with van der Waals surface area (Å²) in [5.74, 6) is 2.42. The van der Waals surface area contributed by atoms with Gasteiger partial charge in [0, 0.05) is 5.56 Å². The predicted octanol–water partition coefficient (Wildman–Crippen LogP) is 4.63. The fourth-order valence-electron chi connectivity index (χ4n) is 2.32. The molecule has 0 aliphatic carbocycles. The monoisotopic (exact) mass is 397 g/mol. The van der Waals surface area contributed by atoms with Gasteiger partial charge in [0.2, 0.25) is 16.8 Å². The molecule has 4 aromatic rings. The third kappa shape index (κ3) is 4.26. The molecule has 7 nitrogen and oxygen atoms in total. The molecule has 2 heterocycles. The number of anilines is 2. The van der Waals surface area contributed by atoms with Gasteiger partial charge in [0.05, 0.1) is 18.6 Å². The minimum Gasteiger partial charge on any atom is -0.495 e. The van der Waals surface area contributed by atoms with E-state index < -0.39 is 0 Å². The molecule has 0 bridgehead atoms. The second kappa shape index (κ2) is 8.19. The van der Waals surface area contributed by atoms with Crippen LogP contribution in [0.5, 0.6) is 5.75 Å². The number of para-hydroxylation sites is 2. The minimum atomic E-state index is 0.531. The maximum atomic E-state index is 5.33. The van der Waals surface area contributed by atoms with E-state index in [0.717, 1.165) is 21.3 Å². The molecule has 0 aliphatic heterocycles. The van der Waals surface area contributed by atoms with Crippen molar-refractivity contribution >= 4 is 33.9 Å². The van der Waals surface area contributed by atoms with Crippen LogP contribution in [-0.4, -0.2) is 27.4 Å². The minimum absolute atomic E-state index is 0.531. The van der Waals surface area contributed by atoms with E-state index in [9.17, 15) is 0 Å². The number of methoxy groups -OCH3 is 1. The Kier molecular flexibility index (Phi) is 5.31. The molecule has 0 saturated heterocycles. The summed E-state index contributed by atoms with van der Waals surface area (Å²) in [6, 6.07) is 17.4. The highest BCUT2D eigenvalue weighted by Crippen LogP contribution is 2.32. The quantitative estimate of drug-likeness (QED) is 0.452.